The van der Waals surface area contributed by atoms with E-state index in [-0.39, 0.29) is 72.6 Å². The van der Waals surface area contributed by atoms with Crippen molar-refractivity contribution in [2.24, 2.45) is 11.8 Å². The van der Waals surface area contributed by atoms with Crippen LogP contribution in [-0.2, 0) is 32.3 Å². The maximum absolute atomic E-state index is 13.5. The number of carbonyl (C=O) groups excluding carboxylic acids is 3. The number of ether oxygens (including phenoxy) is 3. The van der Waals surface area contributed by atoms with Gasteiger partial charge >= 0.3 is 26.8 Å². The minimum absolute atomic E-state index is 0.0570. The van der Waals surface area contributed by atoms with Gasteiger partial charge in [0.05, 0.1) is 47.8 Å². The highest BCUT2D eigenvalue weighted by Gasteiger charge is 2.41. The molecule has 0 radical (unpaired) electrons. The molecule has 13 nitrogen and oxygen atoms in total. The first-order valence-corrected chi connectivity index (χ1v) is 25.3. The van der Waals surface area contributed by atoms with E-state index in [2.05, 4.69) is 24.0 Å². The van der Waals surface area contributed by atoms with Gasteiger partial charge in [0, 0.05) is 32.4 Å². The number of thioether (sulfide) groups is 4. The van der Waals surface area contributed by atoms with Crippen LogP contribution in [-0.4, -0.2) is 71.5 Å². The van der Waals surface area contributed by atoms with Gasteiger partial charge in [-0.3, -0.25) is 4.79 Å². The number of hydrogen-bond acceptors (Lipinski definition) is 15. The molecule has 320 valence electrons. The molecule has 2 aliphatic heterocycles. The normalized spacial score (nSPS) is 16.0. The Labute approximate surface area is 361 Å². The van der Waals surface area contributed by atoms with Crippen LogP contribution in [0.2, 0.25) is 6.04 Å². The van der Waals surface area contributed by atoms with E-state index in [4.69, 9.17) is 34.1 Å². The fraction of sp³-hybridized carbons (Fsp3) is 0.625. The summed E-state index contributed by atoms with van der Waals surface area (Å²) in [6, 6.07) is 2.45. The van der Waals surface area contributed by atoms with Gasteiger partial charge in [0.1, 0.15) is 11.8 Å². The molecular formula is C40H57N3O10S4Si. The molecule has 0 aliphatic carbocycles. The molecule has 0 saturated carbocycles. The highest BCUT2D eigenvalue weighted by Crippen LogP contribution is 2.68. The molecule has 2 unspecified atom stereocenters. The first kappa shape index (κ1) is 49.5. The standard InChI is InChI=1S/C40H57N3O10S4Si/c1-9-16-19-26(11-3)24-48-36(45)28(23-41)38-54-32-30(44)33-35(57-39(55-33)29(42-8)37(46)49-25-27(12-4)20-17-10-2)31(34(32)56-38)53-40(47)43-21-18-22-58(50-13-5,51-14-6)52-15-7/h26-27,44H,9-22,24-25H2,1-7H3,(H,43,47)/b38-28+,39-29+. The number of amides is 1. The van der Waals surface area contributed by atoms with Crippen molar-refractivity contribution >= 4 is 73.9 Å². The molecule has 0 aromatic heterocycles. The van der Waals surface area contributed by atoms with Gasteiger partial charge in [0.15, 0.2) is 11.3 Å². The zero-order valence-corrected chi connectivity index (χ0v) is 38.9. The van der Waals surface area contributed by atoms with E-state index in [1.54, 1.807) is 0 Å². The Bertz CT molecular complexity index is 1630. The monoisotopic (exact) mass is 895 g/mol. The molecule has 2 atom stereocenters. The molecule has 2 N–H and O–H groups in total. The lowest BCUT2D eigenvalue weighted by Gasteiger charge is -2.28. The fourth-order valence-corrected chi connectivity index (χ4v) is 13.9. The number of nitriles is 1. The number of rotatable bonds is 25. The maximum Gasteiger partial charge on any atom is 0.500 e. The molecular weight excluding hydrogens is 839 g/mol. The van der Waals surface area contributed by atoms with Crippen LogP contribution in [0, 0.1) is 29.7 Å². The summed E-state index contributed by atoms with van der Waals surface area (Å²) < 4.78 is 35.5. The smallest absolute Gasteiger partial charge is 0.500 e. The third kappa shape index (κ3) is 13.6. The van der Waals surface area contributed by atoms with Crippen LogP contribution in [0.4, 0.5) is 4.79 Å². The van der Waals surface area contributed by atoms with Crippen molar-refractivity contribution < 1.29 is 47.0 Å². The van der Waals surface area contributed by atoms with Crippen molar-refractivity contribution in [2.45, 2.75) is 132 Å². The Hall–Kier alpha value is -2.81. The van der Waals surface area contributed by atoms with Crippen LogP contribution in [0.3, 0.4) is 0 Å². The van der Waals surface area contributed by atoms with Gasteiger partial charge in [-0.15, -0.1) is 0 Å². The number of phenols is 1. The number of benzene rings is 1. The third-order valence-corrected chi connectivity index (χ3v) is 17.6. The average Bonchev–Trinajstić information content (AvgIpc) is 3.85. The summed E-state index contributed by atoms with van der Waals surface area (Å²) in [7, 11) is -2.95. The van der Waals surface area contributed by atoms with Crippen LogP contribution in [0.15, 0.2) is 39.3 Å². The van der Waals surface area contributed by atoms with E-state index in [1.807, 2.05) is 40.7 Å². The molecule has 0 fully saturated rings. The second-order valence-electron chi connectivity index (χ2n) is 13.4. The van der Waals surface area contributed by atoms with Gasteiger partial charge in [0.2, 0.25) is 0 Å². The molecule has 0 spiro atoms. The van der Waals surface area contributed by atoms with Crippen molar-refractivity contribution in [3.8, 4) is 17.6 Å². The van der Waals surface area contributed by atoms with Gasteiger partial charge < -0.3 is 37.9 Å². The quantitative estimate of drug-likeness (QED) is 0.0237. The topological polar surface area (TPSA) is 167 Å². The average molecular weight is 896 g/mol. The largest absolute Gasteiger partial charge is 0.505 e. The second kappa shape index (κ2) is 25.7. The van der Waals surface area contributed by atoms with E-state index in [0.717, 1.165) is 98.4 Å². The molecule has 0 saturated heterocycles. The molecule has 1 aromatic carbocycles. The lowest BCUT2D eigenvalue weighted by molar-refractivity contribution is -0.141. The highest BCUT2D eigenvalue weighted by atomic mass is 32.2. The first-order chi connectivity index (χ1) is 28.0. The Morgan fingerprint density at radius 3 is 1.76 bits per heavy atom. The maximum atomic E-state index is 13.5. The summed E-state index contributed by atoms with van der Waals surface area (Å²) in [6.45, 7) is 23.6. The highest BCUT2D eigenvalue weighted by molar-refractivity contribution is 8.26. The molecule has 58 heavy (non-hydrogen) atoms. The Balaban J connectivity index is 1.96. The first-order valence-electron chi connectivity index (χ1n) is 20.1. The van der Waals surface area contributed by atoms with Gasteiger partial charge in [-0.1, -0.05) is 113 Å². The summed E-state index contributed by atoms with van der Waals surface area (Å²) in [5.41, 5.74) is -0.461. The second-order valence-corrected chi connectivity index (χ2v) is 20.7. The number of carbonyl (C=O) groups is 3. The zero-order chi connectivity index (χ0) is 42.7. The summed E-state index contributed by atoms with van der Waals surface area (Å²) in [5.74, 6) is -1.34. The van der Waals surface area contributed by atoms with Crippen LogP contribution in [0.5, 0.6) is 11.5 Å². The molecule has 0 bridgehead atoms. The summed E-state index contributed by atoms with van der Waals surface area (Å²) in [5, 5.41) is 24.6. The number of phenolic OH excluding ortho intramolecular Hbond substituents is 1. The number of nitrogens with one attached hydrogen (secondary N) is 1. The van der Waals surface area contributed by atoms with Gasteiger partial charge in [-0.25, -0.2) is 14.4 Å². The van der Waals surface area contributed by atoms with Crippen LogP contribution >= 0.6 is 47.0 Å². The fourth-order valence-electron chi connectivity index (χ4n) is 6.00. The molecule has 2 aliphatic rings. The predicted octanol–water partition coefficient (Wildman–Crippen LogP) is 10.7. The third-order valence-electron chi connectivity index (χ3n) is 9.26. The molecule has 1 amide bonds. The van der Waals surface area contributed by atoms with E-state index in [1.165, 1.54) is 0 Å². The van der Waals surface area contributed by atoms with Crippen molar-refractivity contribution in [1.82, 2.24) is 5.32 Å². The van der Waals surface area contributed by atoms with Crippen molar-refractivity contribution in [3.05, 3.63) is 31.2 Å². The van der Waals surface area contributed by atoms with E-state index >= 15 is 0 Å². The predicted molar refractivity (Wildman–Crippen MR) is 230 cm³/mol. The van der Waals surface area contributed by atoms with Crippen molar-refractivity contribution in [3.63, 3.8) is 0 Å². The number of nitrogens with zero attached hydrogens (tertiary/aromatic N) is 2. The minimum atomic E-state index is -2.95. The molecule has 2 heterocycles. The van der Waals surface area contributed by atoms with Crippen LogP contribution < -0.4 is 10.1 Å². The molecule has 3 rings (SSSR count). The number of aromatic hydroxyl groups is 1. The van der Waals surface area contributed by atoms with Gasteiger partial charge in [-0.2, -0.15) is 5.26 Å². The van der Waals surface area contributed by atoms with Gasteiger partial charge in [-0.05, 0) is 51.9 Å². The van der Waals surface area contributed by atoms with Crippen LogP contribution in [0.25, 0.3) is 4.85 Å². The number of hydrogen-bond donors (Lipinski definition) is 2. The Morgan fingerprint density at radius 1 is 0.776 bits per heavy atom. The van der Waals surface area contributed by atoms with Crippen molar-refractivity contribution in [1.29, 1.82) is 5.26 Å². The van der Waals surface area contributed by atoms with Crippen molar-refractivity contribution in [2.75, 3.05) is 39.6 Å². The van der Waals surface area contributed by atoms with E-state index in [9.17, 15) is 24.8 Å². The van der Waals surface area contributed by atoms with E-state index in [0.29, 0.717) is 42.1 Å². The summed E-state index contributed by atoms with van der Waals surface area (Å²) in [4.78, 5) is 44.7. The van der Waals surface area contributed by atoms with Gasteiger partial charge in [0.25, 0.3) is 5.70 Å². The lowest BCUT2D eigenvalue weighted by Crippen LogP contribution is -2.46. The SMILES string of the molecule is [C-]#[N+]/C(C(=O)OCC(CC)CCCC)=C1\Sc2c(O)c3c(c(OC(=O)NCCC[Si](OCC)(OCC)OCC)c2S1)S/C(=C(\C#N)C(=O)OCC(CC)CCCC)S3. The number of fused-ring (bicyclic) bond motifs is 2. The zero-order valence-electron chi connectivity index (χ0n) is 34.6. The van der Waals surface area contributed by atoms with Crippen LogP contribution in [0.1, 0.15) is 106 Å². The molecule has 18 heteroatoms. The van der Waals surface area contributed by atoms with E-state index < -0.39 is 26.8 Å². The number of unbranched alkanes of at least 4 members (excludes halogenated alkanes) is 2. The summed E-state index contributed by atoms with van der Waals surface area (Å²) >= 11 is 4.02. The Kier molecular flexibility index (Phi) is 22.0. The Morgan fingerprint density at radius 2 is 1.28 bits per heavy atom. The number of esters is 2. The lowest BCUT2D eigenvalue weighted by atomic mass is 10.0. The summed E-state index contributed by atoms with van der Waals surface area (Å²) in [6.07, 6.45) is 7.20. The minimum Gasteiger partial charge on any atom is -0.505 e. The molecule has 1 aromatic rings.